The van der Waals surface area contributed by atoms with E-state index in [4.69, 9.17) is 9.47 Å². The number of unbranched alkanes of at least 4 members (excludes halogenated alkanes) is 16. The number of ether oxygens (including phenoxy) is 2. The standard InChI is InChI=1S/C48H93NO5/c1-6-11-21-32-44(33-22-12-7-2)36-29-42-53-47(51)38-25-17-15-19-27-40-49(46(50)31-10-5)41-28-20-16-18-26-39-48(52)54-43-30-37-45(34-23-13-8-3)35-24-14-9-4/h44-45H,6-43H2,1-5H3. The van der Waals surface area contributed by atoms with E-state index >= 15 is 0 Å². The van der Waals surface area contributed by atoms with E-state index in [2.05, 4.69) is 39.5 Å². The van der Waals surface area contributed by atoms with E-state index in [0.29, 0.717) is 32.5 Å². The minimum absolute atomic E-state index is 0.0373. The minimum atomic E-state index is -0.0373. The lowest BCUT2D eigenvalue weighted by Gasteiger charge is -2.22. The fraction of sp³-hybridized carbons (Fsp3) is 0.938. The molecular weight excluding hydrogens is 671 g/mol. The number of nitrogens with zero attached hydrogens (tertiary/aromatic N) is 1. The smallest absolute Gasteiger partial charge is 0.305 e. The fourth-order valence-corrected chi connectivity index (χ4v) is 7.80. The van der Waals surface area contributed by atoms with Crippen molar-refractivity contribution in [3.63, 3.8) is 0 Å². The third-order valence-corrected chi connectivity index (χ3v) is 11.3. The average Bonchev–Trinajstić information content (AvgIpc) is 3.16. The molecule has 0 unspecified atom stereocenters. The number of carbonyl (C=O) groups excluding carboxylic acids is 3. The predicted molar refractivity (Wildman–Crippen MR) is 231 cm³/mol. The van der Waals surface area contributed by atoms with Gasteiger partial charge in [-0.2, -0.15) is 0 Å². The summed E-state index contributed by atoms with van der Waals surface area (Å²) in [6, 6.07) is 0. The molecule has 1 amide bonds. The first-order chi connectivity index (χ1) is 26.4. The summed E-state index contributed by atoms with van der Waals surface area (Å²) in [6.07, 6.45) is 38.3. The third kappa shape index (κ3) is 34.9. The Morgan fingerprint density at radius 1 is 0.370 bits per heavy atom. The zero-order chi connectivity index (χ0) is 39.7. The highest BCUT2D eigenvalue weighted by Crippen LogP contribution is 2.24. The van der Waals surface area contributed by atoms with Gasteiger partial charge < -0.3 is 14.4 Å². The number of hydrogen-bond acceptors (Lipinski definition) is 5. The van der Waals surface area contributed by atoms with Crippen molar-refractivity contribution < 1.29 is 23.9 Å². The molecule has 0 N–H and O–H groups in total. The summed E-state index contributed by atoms with van der Waals surface area (Å²) in [6.45, 7) is 14.0. The van der Waals surface area contributed by atoms with Crippen LogP contribution in [0.5, 0.6) is 0 Å². The quantitative estimate of drug-likeness (QED) is 0.0457. The molecule has 0 saturated carbocycles. The van der Waals surface area contributed by atoms with Crippen molar-refractivity contribution in [2.75, 3.05) is 26.3 Å². The first kappa shape index (κ1) is 52.4. The molecule has 0 aromatic carbocycles. The summed E-state index contributed by atoms with van der Waals surface area (Å²) in [7, 11) is 0. The molecule has 0 bridgehead atoms. The molecule has 320 valence electrons. The molecule has 0 aromatic rings. The monoisotopic (exact) mass is 764 g/mol. The molecule has 0 radical (unpaired) electrons. The van der Waals surface area contributed by atoms with Gasteiger partial charge in [-0.25, -0.2) is 0 Å². The molecule has 0 aliphatic carbocycles. The second-order valence-corrected chi connectivity index (χ2v) is 16.6. The average molecular weight is 764 g/mol. The zero-order valence-electron chi connectivity index (χ0n) is 37.0. The Morgan fingerprint density at radius 2 is 0.704 bits per heavy atom. The van der Waals surface area contributed by atoms with E-state index in [9.17, 15) is 14.4 Å². The number of carbonyl (C=O) groups is 3. The van der Waals surface area contributed by atoms with Crippen LogP contribution in [-0.4, -0.2) is 49.0 Å². The molecule has 0 aromatic heterocycles. The molecule has 0 aliphatic heterocycles. The van der Waals surface area contributed by atoms with E-state index < -0.39 is 0 Å². The first-order valence-corrected chi connectivity index (χ1v) is 24.0. The van der Waals surface area contributed by atoms with Gasteiger partial charge in [-0.3, -0.25) is 14.4 Å². The van der Waals surface area contributed by atoms with Crippen LogP contribution in [0.4, 0.5) is 0 Å². The molecule has 6 nitrogen and oxygen atoms in total. The molecule has 0 atom stereocenters. The number of rotatable bonds is 42. The fourth-order valence-electron chi connectivity index (χ4n) is 7.80. The van der Waals surface area contributed by atoms with Crippen molar-refractivity contribution in [2.45, 2.75) is 253 Å². The molecule has 0 fully saturated rings. The molecule has 0 rings (SSSR count). The largest absolute Gasteiger partial charge is 0.466 e. The Labute approximate surface area is 336 Å². The summed E-state index contributed by atoms with van der Waals surface area (Å²) >= 11 is 0. The van der Waals surface area contributed by atoms with Crippen molar-refractivity contribution in [1.29, 1.82) is 0 Å². The van der Waals surface area contributed by atoms with E-state index in [1.54, 1.807) is 0 Å². The Morgan fingerprint density at radius 3 is 1.06 bits per heavy atom. The van der Waals surface area contributed by atoms with Crippen LogP contribution in [0.25, 0.3) is 0 Å². The zero-order valence-corrected chi connectivity index (χ0v) is 37.0. The van der Waals surface area contributed by atoms with Gasteiger partial charge >= 0.3 is 11.9 Å². The minimum Gasteiger partial charge on any atom is -0.466 e. The van der Waals surface area contributed by atoms with Gasteiger partial charge in [0.15, 0.2) is 0 Å². The van der Waals surface area contributed by atoms with E-state index in [0.717, 1.165) is 108 Å². The number of amides is 1. The lowest BCUT2D eigenvalue weighted by atomic mass is 9.91. The van der Waals surface area contributed by atoms with Crippen LogP contribution < -0.4 is 0 Å². The van der Waals surface area contributed by atoms with Crippen molar-refractivity contribution in [1.82, 2.24) is 4.90 Å². The highest BCUT2D eigenvalue weighted by Gasteiger charge is 2.13. The lowest BCUT2D eigenvalue weighted by molar-refractivity contribution is -0.144. The maximum absolute atomic E-state index is 12.8. The maximum Gasteiger partial charge on any atom is 0.305 e. The van der Waals surface area contributed by atoms with E-state index in [1.165, 1.54) is 116 Å². The summed E-state index contributed by atoms with van der Waals surface area (Å²) in [5.74, 6) is 1.79. The van der Waals surface area contributed by atoms with Crippen molar-refractivity contribution in [3.05, 3.63) is 0 Å². The Balaban J connectivity index is 4.04. The topological polar surface area (TPSA) is 72.9 Å². The molecule has 54 heavy (non-hydrogen) atoms. The van der Waals surface area contributed by atoms with Crippen LogP contribution in [0.2, 0.25) is 0 Å². The second-order valence-electron chi connectivity index (χ2n) is 16.6. The van der Waals surface area contributed by atoms with Gasteiger partial charge in [0.1, 0.15) is 0 Å². The van der Waals surface area contributed by atoms with Crippen LogP contribution in [0.1, 0.15) is 253 Å². The summed E-state index contributed by atoms with van der Waals surface area (Å²) in [4.78, 5) is 39.4. The van der Waals surface area contributed by atoms with E-state index in [1.807, 2.05) is 0 Å². The van der Waals surface area contributed by atoms with Gasteiger partial charge in [-0.15, -0.1) is 0 Å². The lowest BCUT2D eigenvalue weighted by Crippen LogP contribution is -2.32. The molecule has 0 aliphatic rings. The number of hydrogen-bond donors (Lipinski definition) is 0. The van der Waals surface area contributed by atoms with Crippen LogP contribution in [0, 0.1) is 11.8 Å². The maximum atomic E-state index is 12.8. The highest BCUT2D eigenvalue weighted by molar-refractivity contribution is 5.76. The third-order valence-electron chi connectivity index (χ3n) is 11.3. The van der Waals surface area contributed by atoms with Gasteiger partial charge in [-0.05, 0) is 69.6 Å². The van der Waals surface area contributed by atoms with Crippen molar-refractivity contribution in [3.8, 4) is 0 Å². The van der Waals surface area contributed by atoms with Crippen LogP contribution in [0.3, 0.4) is 0 Å². The number of esters is 2. The van der Waals surface area contributed by atoms with Crippen LogP contribution >= 0.6 is 0 Å². The van der Waals surface area contributed by atoms with Crippen LogP contribution in [0.15, 0.2) is 0 Å². The predicted octanol–water partition coefficient (Wildman–Crippen LogP) is 14.5. The Hall–Kier alpha value is -1.59. The molecule has 6 heteroatoms. The SMILES string of the molecule is CCCCCC(CCCCC)CCCOC(=O)CCCCCCCN(CCCCCCCC(=O)OCCCC(CCCCC)CCCCC)C(=O)CCC. The first-order valence-electron chi connectivity index (χ1n) is 24.0. The summed E-state index contributed by atoms with van der Waals surface area (Å²) in [5.41, 5.74) is 0. The van der Waals surface area contributed by atoms with Gasteiger partial charge in [0.05, 0.1) is 13.2 Å². The van der Waals surface area contributed by atoms with Gasteiger partial charge in [0.25, 0.3) is 0 Å². The Bertz CT molecular complexity index is 754. The molecule has 0 heterocycles. The van der Waals surface area contributed by atoms with Gasteiger partial charge in [0.2, 0.25) is 5.91 Å². The van der Waals surface area contributed by atoms with Crippen molar-refractivity contribution in [2.24, 2.45) is 11.8 Å². The van der Waals surface area contributed by atoms with Crippen molar-refractivity contribution >= 4 is 17.8 Å². The van der Waals surface area contributed by atoms with E-state index in [-0.39, 0.29) is 17.8 Å². The highest BCUT2D eigenvalue weighted by atomic mass is 16.5. The summed E-state index contributed by atoms with van der Waals surface area (Å²) in [5, 5.41) is 0. The Kier molecular flexibility index (Phi) is 39.8. The summed E-state index contributed by atoms with van der Waals surface area (Å²) < 4.78 is 11.2. The molecule has 0 spiro atoms. The van der Waals surface area contributed by atoms with Gasteiger partial charge in [0, 0.05) is 32.4 Å². The van der Waals surface area contributed by atoms with Gasteiger partial charge in [-0.1, -0.05) is 176 Å². The molecular formula is C48H93NO5. The van der Waals surface area contributed by atoms with Crippen LogP contribution in [-0.2, 0) is 23.9 Å². The second kappa shape index (κ2) is 41.1. The molecule has 0 saturated heterocycles. The normalized spacial score (nSPS) is 11.5.